The van der Waals surface area contributed by atoms with Gasteiger partial charge in [-0.3, -0.25) is 5.32 Å². The van der Waals surface area contributed by atoms with Crippen LogP contribution in [0.4, 0.5) is 10.6 Å². The smallest absolute Gasteiger partial charge is 0.320 e. The lowest BCUT2D eigenvalue weighted by Crippen LogP contribution is -2.28. The van der Waals surface area contributed by atoms with E-state index in [9.17, 15) is 4.79 Å². The van der Waals surface area contributed by atoms with Crippen molar-refractivity contribution in [2.75, 3.05) is 5.32 Å². The number of nitrogens with one attached hydrogen (secondary N) is 2. The molecule has 6 heteroatoms. The summed E-state index contributed by atoms with van der Waals surface area (Å²) in [5.41, 5.74) is 0.851. The quantitative estimate of drug-likeness (QED) is 0.881. The number of hydrogen-bond acceptors (Lipinski definition) is 3. The van der Waals surface area contributed by atoms with Gasteiger partial charge in [-0.25, -0.2) is 4.79 Å². The third-order valence-electron chi connectivity index (χ3n) is 2.08. The molecule has 2 aromatic rings. The fourth-order valence-electron chi connectivity index (χ4n) is 1.25. The van der Waals surface area contributed by atoms with Crippen molar-refractivity contribution in [3.8, 4) is 0 Å². The van der Waals surface area contributed by atoms with Gasteiger partial charge in [-0.05, 0) is 11.6 Å². The Morgan fingerprint density at radius 2 is 2.18 bits per heavy atom. The molecule has 1 aromatic heterocycles. The Kier molecular flexibility index (Phi) is 3.62. The minimum atomic E-state index is -0.362. The zero-order chi connectivity index (χ0) is 12.1. The monoisotopic (exact) mass is 251 g/mol. The lowest BCUT2D eigenvalue weighted by Gasteiger charge is -2.06. The predicted molar refractivity (Wildman–Crippen MR) is 63.8 cm³/mol. The second kappa shape index (κ2) is 5.36. The van der Waals surface area contributed by atoms with Gasteiger partial charge in [0.2, 0.25) is 0 Å². The van der Waals surface area contributed by atoms with E-state index in [1.54, 1.807) is 12.1 Å². The van der Waals surface area contributed by atoms with E-state index in [4.69, 9.17) is 11.6 Å². The number of amides is 2. The van der Waals surface area contributed by atoms with Gasteiger partial charge < -0.3 is 9.84 Å². The topological polar surface area (TPSA) is 67.2 Å². The third-order valence-corrected chi connectivity index (χ3v) is 2.45. The molecular weight excluding hydrogens is 242 g/mol. The Hall–Kier alpha value is -2.01. The van der Waals surface area contributed by atoms with Crippen LogP contribution in [0.1, 0.15) is 5.56 Å². The molecular formula is C11H10ClN3O2. The number of aromatic nitrogens is 1. The van der Waals surface area contributed by atoms with Crippen molar-refractivity contribution in [1.29, 1.82) is 0 Å². The predicted octanol–water partition coefficient (Wildman–Crippen LogP) is 2.65. The molecule has 0 radical (unpaired) electrons. The van der Waals surface area contributed by atoms with Gasteiger partial charge >= 0.3 is 6.03 Å². The maximum Gasteiger partial charge on any atom is 0.320 e. The van der Waals surface area contributed by atoms with Crippen LogP contribution in [0.5, 0.6) is 0 Å². The van der Waals surface area contributed by atoms with E-state index in [2.05, 4.69) is 20.3 Å². The first kappa shape index (κ1) is 11.5. The van der Waals surface area contributed by atoms with Crippen molar-refractivity contribution in [2.45, 2.75) is 6.54 Å². The van der Waals surface area contributed by atoms with Crippen LogP contribution in [0.15, 0.2) is 41.1 Å². The largest absolute Gasteiger partial charge is 0.363 e. The highest BCUT2D eigenvalue weighted by Gasteiger charge is 2.04. The molecule has 1 aromatic carbocycles. The summed E-state index contributed by atoms with van der Waals surface area (Å²) in [5.74, 6) is 0.363. The van der Waals surface area contributed by atoms with Crippen LogP contribution >= 0.6 is 11.6 Å². The number of anilines is 1. The Balaban J connectivity index is 1.86. The number of rotatable bonds is 3. The van der Waals surface area contributed by atoms with Crippen LogP contribution in [-0.2, 0) is 6.54 Å². The third kappa shape index (κ3) is 3.22. The van der Waals surface area contributed by atoms with Crippen molar-refractivity contribution in [1.82, 2.24) is 10.5 Å². The van der Waals surface area contributed by atoms with E-state index in [0.717, 1.165) is 5.56 Å². The Morgan fingerprint density at radius 1 is 1.35 bits per heavy atom. The van der Waals surface area contributed by atoms with Crippen molar-refractivity contribution >= 4 is 23.4 Å². The molecule has 2 rings (SSSR count). The summed E-state index contributed by atoms with van der Waals surface area (Å²) >= 11 is 5.95. The average Bonchev–Trinajstić information content (AvgIpc) is 2.81. The lowest BCUT2D eigenvalue weighted by molar-refractivity contribution is 0.251. The van der Waals surface area contributed by atoms with Crippen LogP contribution in [0.2, 0.25) is 5.02 Å². The standard InChI is InChI=1S/C11H10ClN3O2/c12-9-4-2-1-3-8(9)7-13-11(16)14-10-5-6-17-15-10/h1-6H,7H2,(H2,13,14,15,16). The van der Waals surface area contributed by atoms with Crippen molar-refractivity contribution < 1.29 is 9.32 Å². The summed E-state index contributed by atoms with van der Waals surface area (Å²) < 4.78 is 4.58. The number of hydrogen-bond donors (Lipinski definition) is 2. The molecule has 0 aliphatic heterocycles. The van der Waals surface area contributed by atoms with Crippen molar-refractivity contribution in [2.24, 2.45) is 0 Å². The Bertz CT molecular complexity index is 499. The molecule has 0 atom stereocenters. The van der Waals surface area contributed by atoms with Gasteiger partial charge in [-0.1, -0.05) is 35.0 Å². The molecule has 88 valence electrons. The van der Waals surface area contributed by atoms with Gasteiger partial charge in [-0.2, -0.15) is 0 Å². The highest BCUT2D eigenvalue weighted by atomic mass is 35.5. The summed E-state index contributed by atoms with van der Waals surface area (Å²) in [6.07, 6.45) is 1.38. The van der Waals surface area contributed by atoms with Crippen LogP contribution in [-0.4, -0.2) is 11.2 Å². The summed E-state index contributed by atoms with van der Waals surface area (Å²) in [4.78, 5) is 11.4. The van der Waals surface area contributed by atoms with Gasteiger partial charge in [0.05, 0.1) is 0 Å². The first-order chi connectivity index (χ1) is 8.25. The Morgan fingerprint density at radius 3 is 2.88 bits per heavy atom. The van der Waals surface area contributed by atoms with Crippen LogP contribution in [0.3, 0.4) is 0 Å². The molecule has 0 aliphatic carbocycles. The molecule has 2 N–H and O–H groups in total. The number of carbonyl (C=O) groups excluding carboxylic acids is 1. The van der Waals surface area contributed by atoms with Gasteiger partial charge in [-0.15, -0.1) is 0 Å². The highest BCUT2D eigenvalue weighted by Crippen LogP contribution is 2.14. The molecule has 1 heterocycles. The average molecular weight is 252 g/mol. The Labute approximate surface area is 103 Å². The van der Waals surface area contributed by atoms with E-state index in [-0.39, 0.29) is 6.03 Å². The molecule has 0 bridgehead atoms. The normalized spacial score (nSPS) is 9.94. The maximum atomic E-state index is 11.4. The summed E-state index contributed by atoms with van der Waals surface area (Å²) in [5, 5.41) is 9.35. The molecule has 0 saturated heterocycles. The SMILES string of the molecule is O=C(NCc1ccccc1Cl)Nc1ccon1. The second-order valence-corrected chi connectivity index (χ2v) is 3.69. The number of benzene rings is 1. The zero-order valence-corrected chi connectivity index (χ0v) is 9.57. The van der Waals surface area contributed by atoms with E-state index in [1.165, 1.54) is 6.26 Å². The first-order valence-corrected chi connectivity index (χ1v) is 5.32. The number of carbonyl (C=O) groups is 1. The molecule has 0 spiro atoms. The highest BCUT2D eigenvalue weighted by molar-refractivity contribution is 6.31. The summed E-state index contributed by atoms with van der Waals surface area (Å²) in [7, 11) is 0. The van der Waals surface area contributed by atoms with E-state index in [0.29, 0.717) is 17.4 Å². The van der Waals surface area contributed by atoms with Crippen molar-refractivity contribution in [3.63, 3.8) is 0 Å². The van der Waals surface area contributed by atoms with Gasteiger partial charge in [0.1, 0.15) is 6.26 Å². The van der Waals surface area contributed by atoms with E-state index < -0.39 is 0 Å². The van der Waals surface area contributed by atoms with E-state index in [1.807, 2.05) is 18.2 Å². The van der Waals surface area contributed by atoms with Gasteiger partial charge in [0.25, 0.3) is 0 Å². The van der Waals surface area contributed by atoms with Crippen LogP contribution in [0.25, 0.3) is 0 Å². The minimum absolute atomic E-state index is 0.351. The first-order valence-electron chi connectivity index (χ1n) is 4.94. The van der Waals surface area contributed by atoms with Crippen LogP contribution in [0, 0.1) is 0 Å². The molecule has 5 nitrogen and oxygen atoms in total. The number of nitrogens with zero attached hydrogens (tertiary/aromatic N) is 1. The molecule has 0 unspecified atom stereocenters. The second-order valence-electron chi connectivity index (χ2n) is 3.28. The van der Waals surface area contributed by atoms with Gasteiger partial charge in [0.15, 0.2) is 5.82 Å². The van der Waals surface area contributed by atoms with Crippen LogP contribution < -0.4 is 10.6 Å². The molecule has 0 fully saturated rings. The van der Waals surface area contributed by atoms with Gasteiger partial charge in [0, 0.05) is 17.6 Å². The summed E-state index contributed by atoms with van der Waals surface area (Å²) in [6.45, 7) is 0.351. The van der Waals surface area contributed by atoms with Crippen molar-refractivity contribution in [3.05, 3.63) is 47.2 Å². The number of halogens is 1. The molecule has 0 saturated carbocycles. The molecule has 0 aliphatic rings. The minimum Gasteiger partial charge on any atom is -0.363 e. The molecule has 2 amide bonds. The molecule has 17 heavy (non-hydrogen) atoms. The number of urea groups is 1. The summed E-state index contributed by atoms with van der Waals surface area (Å²) in [6, 6.07) is 8.50. The fraction of sp³-hybridized carbons (Fsp3) is 0.0909. The zero-order valence-electron chi connectivity index (χ0n) is 8.81. The fourth-order valence-corrected chi connectivity index (χ4v) is 1.46. The van der Waals surface area contributed by atoms with E-state index >= 15 is 0 Å². The lowest BCUT2D eigenvalue weighted by atomic mass is 10.2. The maximum absolute atomic E-state index is 11.4.